The molecule has 0 bridgehead atoms. The molecule has 4 rings (SSSR count). The van der Waals surface area contributed by atoms with Gasteiger partial charge in [0.05, 0.1) is 0 Å². The van der Waals surface area contributed by atoms with E-state index < -0.39 is 0 Å². The summed E-state index contributed by atoms with van der Waals surface area (Å²) in [6, 6.07) is 10.3. The van der Waals surface area contributed by atoms with Crippen molar-refractivity contribution in [2.75, 3.05) is 24.5 Å². The molecule has 3 amide bonds. The van der Waals surface area contributed by atoms with Crippen LogP contribution in [0.4, 0.5) is 10.5 Å². The molecule has 0 radical (unpaired) electrons. The van der Waals surface area contributed by atoms with Gasteiger partial charge in [0.2, 0.25) is 5.91 Å². The van der Waals surface area contributed by atoms with Crippen LogP contribution in [0.15, 0.2) is 30.3 Å². The number of hydrogen-bond acceptors (Lipinski definition) is 2. The van der Waals surface area contributed by atoms with Crippen molar-refractivity contribution in [3.63, 3.8) is 0 Å². The molecule has 1 atom stereocenters. The summed E-state index contributed by atoms with van der Waals surface area (Å²) < 4.78 is 0. The first-order chi connectivity index (χ1) is 12.2. The first kappa shape index (κ1) is 16.4. The third-order valence-corrected chi connectivity index (χ3v) is 6.05. The Hall–Kier alpha value is -2.04. The van der Waals surface area contributed by atoms with E-state index in [9.17, 15) is 9.59 Å². The number of carbonyl (C=O) groups is 2. The minimum absolute atomic E-state index is 0.0642. The molecule has 3 fully saturated rings. The van der Waals surface area contributed by atoms with E-state index >= 15 is 0 Å². The number of urea groups is 1. The summed E-state index contributed by atoms with van der Waals surface area (Å²) in [5.74, 6) is 0.181. The highest BCUT2D eigenvalue weighted by Crippen LogP contribution is 2.41. The van der Waals surface area contributed by atoms with Crippen molar-refractivity contribution in [2.24, 2.45) is 5.41 Å². The fraction of sp³-hybridized carbons (Fsp3) is 0.600. The molecule has 2 aliphatic heterocycles. The number of nitrogens with zero attached hydrogens (tertiary/aromatic N) is 2. The van der Waals surface area contributed by atoms with Crippen LogP contribution in [0.1, 0.15) is 44.9 Å². The SMILES string of the molecule is O=C(NC1CCCCC1)N1CC[C@@]2(CC(=O)N(c3ccccc3)C2)C1. The van der Waals surface area contributed by atoms with E-state index in [0.29, 0.717) is 19.0 Å². The number of benzene rings is 1. The van der Waals surface area contributed by atoms with Crippen LogP contribution in [0.5, 0.6) is 0 Å². The van der Waals surface area contributed by atoms with Gasteiger partial charge in [0.15, 0.2) is 0 Å². The Bertz CT molecular complexity index is 642. The molecule has 1 aromatic rings. The van der Waals surface area contributed by atoms with Crippen LogP contribution in [-0.4, -0.2) is 42.5 Å². The zero-order valence-electron chi connectivity index (χ0n) is 14.7. The predicted octanol–water partition coefficient (Wildman–Crippen LogP) is 3.16. The van der Waals surface area contributed by atoms with E-state index in [2.05, 4.69) is 5.32 Å². The lowest BCUT2D eigenvalue weighted by Gasteiger charge is -2.27. The number of nitrogens with one attached hydrogen (secondary N) is 1. The van der Waals surface area contributed by atoms with Crippen LogP contribution in [0.25, 0.3) is 0 Å². The monoisotopic (exact) mass is 341 g/mol. The molecule has 2 heterocycles. The van der Waals surface area contributed by atoms with E-state index in [1.54, 1.807) is 0 Å². The van der Waals surface area contributed by atoms with E-state index in [1.165, 1.54) is 19.3 Å². The molecule has 1 aromatic carbocycles. The number of carbonyl (C=O) groups excluding carboxylic acids is 2. The molecule has 2 saturated heterocycles. The van der Waals surface area contributed by atoms with E-state index in [-0.39, 0.29) is 17.4 Å². The first-order valence-electron chi connectivity index (χ1n) is 9.56. The Morgan fingerprint density at radius 1 is 1.08 bits per heavy atom. The van der Waals surface area contributed by atoms with Crippen molar-refractivity contribution in [3.8, 4) is 0 Å². The fourth-order valence-corrected chi connectivity index (χ4v) is 4.63. The normalized spacial score (nSPS) is 27.3. The third-order valence-electron chi connectivity index (χ3n) is 6.05. The maximum Gasteiger partial charge on any atom is 0.317 e. The summed E-state index contributed by atoms with van der Waals surface area (Å²) >= 11 is 0. The summed E-state index contributed by atoms with van der Waals surface area (Å²) in [4.78, 5) is 29.0. The van der Waals surface area contributed by atoms with Crippen molar-refractivity contribution in [1.29, 1.82) is 0 Å². The lowest BCUT2D eigenvalue weighted by Crippen LogP contribution is -2.45. The summed E-state index contributed by atoms with van der Waals surface area (Å²) in [6.45, 7) is 2.18. The van der Waals surface area contributed by atoms with E-state index in [1.807, 2.05) is 40.1 Å². The van der Waals surface area contributed by atoms with Crippen molar-refractivity contribution >= 4 is 17.6 Å². The van der Waals surface area contributed by atoms with Gasteiger partial charge in [-0.25, -0.2) is 4.79 Å². The number of hydrogen-bond donors (Lipinski definition) is 1. The lowest BCUT2D eigenvalue weighted by molar-refractivity contribution is -0.117. The number of para-hydroxylation sites is 1. The van der Waals surface area contributed by atoms with Crippen LogP contribution in [0.2, 0.25) is 0 Å². The molecule has 5 nitrogen and oxygen atoms in total. The second-order valence-corrected chi connectivity index (χ2v) is 7.95. The molecule has 1 N–H and O–H groups in total. The van der Waals surface area contributed by atoms with Gasteiger partial charge in [-0.1, -0.05) is 37.5 Å². The van der Waals surface area contributed by atoms with Gasteiger partial charge in [0, 0.05) is 43.2 Å². The second-order valence-electron chi connectivity index (χ2n) is 7.95. The van der Waals surface area contributed by atoms with Gasteiger partial charge in [-0.15, -0.1) is 0 Å². The molecule has 25 heavy (non-hydrogen) atoms. The van der Waals surface area contributed by atoms with Crippen molar-refractivity contribution in [2.45, 2.75) is 51.0 Å². The molecule has 0 aromatic heterocycles. The zero-order valence-corrected chi connectivity index (χ0v) is 14.7. The molecule has 1 aliphatic carbocycles. The Morgan fingerprint density at radius 3 is 2.60 bits per heavy atom. The number of anilines is 1. The Labute approximate surface area is 149 Å². The van der Waals surface area contributed by atoms with E-state index in [0.717, 1.165) is 38.0 Å². The first-order valence-corrected chi connectivity index (χ1v) is 9.56. The quantitative estimate of drug-likeness (QED) is 0.898. The average molecular weight is 341 g/mol. The molecule has 1 saturated carbocycles. The average Bonchev–Trinajstić information content (AvgIpc) is 3.20. The molecule has 0 unspecified atom stereocenters. The summed E-state index contributed by atoms with van der Waals surface area (Å²) in [5.41, 5.74) is 0.895. The fourth-order valence-electron chi connectivity index (χ4n) is 4.63. The maximum absolute atomic E-state index is 12.6. The predicted molar refractivity (Wildman–Crippen MR) is 97.4 cm³/mol. The molecular weight excluding hydrogens is 314 g/mol. The van der Waals surface area contributed by atoms with E-state index in [4.69, 9.17) is 0 Å². The highest BCUT2D eigenvalue weighted by Gasteiger charge is 2.48. The highest BCUT2D eigenvalue weighted by molar-refractivity contribution is 5.96. The van der Waals surface area contributed by atoms with Gasteiger partial charge in [-0.3, -0.25) is 4.79 Å². The van der Waals surface area contributed by atoms with Gasteiger partial charge in [-0.2, -0.15) is 0 Å². The number of likely N-dealkylation sites (tertiary alicyclic amines) is 1. The molecule has 134 valence electrons. The molecular formula is C20H27N3O2. The molecule has 5 heteroatoms. The van der Waals surface area contributed by atoms with Gasteiger partial charge < -0.3 is 15.1 Å². The maximum atomic E-state index is 12.6. The Balaban J connectivity index is 1.38. The Morgan fingerprint density at radius 2 is 1.84 bits per heavy atom. The summed E-state index contributed by atoms with van der Waals surface area (Å²) in [7, 11) is 0. The largest absolute Gasteiger partial charge is 0.335 e. The highest BCUT2D eigenvalue weighted by atomic mass is 16.2. The molecule has 1 spiro atoms. The van der Waals surface area contributed by atoms with Crippen LogP contribution in [-0.2, 0) is 4.79 Å². The summed E-state index contributed by atoms with van der Waals surface area (Å²) in [6.07, 6.45) is 7.40. The third kappa shape index (κ3) is 3.37. The van der Waals surface area contributed by atoms with Crippen molar-refractivity contribution < 1.29 is 9.59 Å². The van der Waals surface area contributed by atoms with Crippen molar-refractivity contribution in [3.05, 3.63) is 30.3 Å². The van der Waals surface area contributed by atoms with Crippen LogP contribution in [0.3, 0.4) is 0 Å². The standard InChI is InChI=1S/C20H27N3O2/c24-18-13-20(15-23(18)17-9-5-2-6-10-17)11-12-22(14-20)19(25)21-16-7-3-1-4-8-16/h2,5-6,9-10,16H,1,3-4,7-8,11-15H2,(H,21,25)/t20-/m1/s1. The van der Waals surface area contributed by atoms with Crippen LogP contribution < -0.4 is 10.2 Å². The van der Waals surface area contributed by atoms with Crippen molar-refractivity contribution in [1.82, 2.24) is 10.2 Å². The molecule has 3 aliphatic rings. The lowest BCUT2D eigenvalue weighted by atomic mass is 9.86. The minimum Gasteiger partial charge on any atom is -0.335 e. The van der Waals surface area contributed by atoms with Gasteiger partial charge in [0.25, 0.3) is 0 Å². The zero-order chi connectivity index (χ0) is 17.3. The Kier molecular flexibility index (Phi) is 4.40. The second kappa shape index (κ2) is 6.70. The summed E-state index contributed by atoms with van der Waals surface area (Å²) in [5, 5.41) is 3.21. The van der Waals surface area contributed by atoms with Gasteiger partial charge >= 0.3 is 6.03 Å². The smallest absolute Gasteiger partial charge is 0.317 e. The van der Waals surface area contributed by atoms with Crippen LogP contribution >= 0.6 is 0 Å². The van der Waals surface area contributed by atoms with Gasteiger partial charge in [0.1, 0.15) is 0 Å². The topological polar surface area (TPSA) is 52.7 Å². The number of amides is 3. The van der Waals surface area contributed by atoms with Crippen LogP contribution in [0, 0.1) is 5.41 Å². The van der Waals surface area contributed by atoms with Gasteiger partial charge in [-0.05, 0) is 31.4 Å². The minimum atomic E-state index is -0.0726. The number of rotatable bonds is 2.